The first-order valence-corrected chi connectivity index (χ1v) is 17.7. The fraction of sp³-hybridized carbons (Fsp3) is 0. The number of sulfone groups is 1. The molecule has 0 radical (unpaired) electrons. The largest absolute Gasteiger partial charge is 0.310 e. The standard InChI is InChI=1S/C44H30N2O2S/c47-49(48)43-18-7-5-16-41(43)46(42-17-6-8-19-44(42)49)38-15-9-14-36(28-38)33-20-24-37(25-21-33)45(39-26-22-31-10-1-3-12-34(31)29-39)40-27-23-32-11-2-4-13-35(32)30-40/h1-30H. The van der Waals surface area contributed by atoms with Gasteiger partial charge < -0.3 is 9.80 Å². The summed E-state index contributed by atoms with van der Waals surface area (Å²) in [5.74, 6) is 0. The Morgan fingerprint density at radius 3 is 1.45 bits per heavy atom. The molecule has 0 fully saturated rings. The summed E-state index contributed by atoms with van der Waals surface area (Å²) in [6.45, 7) is 0. The topological polar surface area (TPSA) is 40.6 Å². The third kappa shape index (κ3) is 4.95. The Labute approximate surface area is 285 Å². The lowest BCUT2D eigenvalue weighted by Crippen LogP contribution is -2.22. The first kappa shape index (κ1) is 29.0. The van der Waals surface area contributed by atoms with Gasteiger partial charge in [-0.1, -0.05) is 109 Å². The predicted octanol–water partition coefficient (Wildman–Crippen LogP) is 11.7. The molecule has 49 heavy (non-hydrogen) atoms. The molecule has 0 N–H and O–H groups in total. The van der Waals surface area contributed by atoms with E-state index in [4.69, 9.17) is 0 Å². The van der Waals surface area contributed by atoms with E-state index in [-0.39, 0.29) is 0 Å². The number of nitrogens with zero attached hydrogens (tertiary/aromatic N) is 2. The molecule has 1 heterocycles. The third-order valence-corrected chi connectivity index (χ3v) is 11.2. The van der Waals surface area contributed by atoms with E-state index in [1.165, 1.54) is 21.5 Å². The van der Waals surface area contributed by atoms with Gasteiger partial charge in [0.25, 0.3) is 0 Å². The van der Waals surface area contributed by atoms with Crippen molar-refractivity contribution in [3.63, 3.8) is 0 Å². The number of rotatable bonds is 5. The minimum Gasteiger partial charge on any atom is -0.310 e. The lowest BCUT2D eigenvalue weighted by atomic mass is 10.0. The highest BCUT2D eigenvalue weighted by Gasteiger charge is 2.34. The monoisotopic (exact) mass is 650 g/mol. The van der Waals surface area contributed by atoms with E-state index in [0.717, 1.165) is 33.9 Å². The van der Waals surface area contributed by atoms with E-state index in [2.05, 4.69) is 126 Å². The summed E-state index contributed by atoms with van der Waals surface area (Å²) in [7, 11) is -3.63. The lowest BCUT2D eigenvalue weighted by molar-refractivity contribution is 0.595. The van der Waals surface area contributed by atoms with Gasteiger partial charge in [0.1, 0.15) is 0 Å². The number of hydrogen-bond donors (Lipinski definition) is 0. The van der Waals surface area contributed by atoms with Crippen molar-refractivity contribution >= 4 is 65.5 Å². The molecular weight excluding hydrogens is 621 g/mol. The third-order valence-electron chi connectivity index (χ3n) is 9.34. The minimum absolute atomic E-state index is 0.311. The van der Waals surface area contributed by atoms with E-state index < -0.39 is 9.84 Å². The van der Waals surface area contributed by atoms with Gasteiger partial charge in [0.2, 0.25) is 9.84 Å². The average molecular weight is 651 g/mol. The Bertz CT molecular complexity index is 2520. The SMILES string of the molecule is O=S1(=O)c2ccccc2N(c2cccc(-c3ccc(N(c4ccc5ccccc5c4)c4ccc5ccccc5c4)cc3)c2)c2ccccc21. The van der Waals surface area contributed by atoms with Crippen molar-refractivity contribution in [1.29, 1.82) is 0 Å². The van der Waals surface area contributed by atoms with E-state index in [1.54, 1.807) is 24.3 Å². The second kappa shape index (κ2) is 11.5. The molecule has 9 rings (SSSR count). The van der Waals surface area contributed by atoms with Crippen LogP contribution in [0.1, 0.15) is 0 Å². The Morgan fingerprint density at radius 1 is 0.388 bits per heavy atom. The van der Waals surface area contributed by atoms with Gasteiger partial charge in [0, 0.05) is 22.7 Å². The summed E-state index contributed by atoms with van der Waals surface area (Å²) in [5.41, 5.74) is 7.51. The summed E-state index contributed by atoms with van der Waals surface area (Å²) in [4.78, 5) is 4.98. The van der Waals surface area contributed by atoms with E-state index in [9.17, 15) is 8.42 Å². The van der Waals surface area contributed by atoms with Crippen LogP contribution in [-0.4, -0.2) is 8.42 Å². The van der Waals surface area contributed by atoms with Crippen LogP contribution in [0, 0.1) is 0 Å². The van der Waals surface area contributed by atoms with Gasteiger partial charge in [-0.15, -0.1) is 0 Å². The molecule has 0 saturated carbocycles. The van der Waals surface area contributed by atoms with Crippen LogP contribution < -0.4 is 9.80 Å². The second-order valence-electron chi connectivity index (χ2n) is 12.3. The van der Waals surface area contributed by atoms with Gasteiger partial charge in [-0.2, -0.15) is 0 Å². The zero-order valence-corrected chi connectivity index (χ0v) is 27.3. The first-order valence-electron chi connectivity index (χ1n) is 16.3. The molecule has 1 aliphatic rings. The summed E-state index contributed by atoms with van der Waals surface area (Å²) in [5, 5.41) is 4.79. The zero-order valence-electron chi connectivity index (χ0n) is 26.4. The Morgan fingerprint density at radius 2 is 0.878 bits per heavy atom. The quantitative estimate of drug-likeness (QED) is 0.186. The van der Waals surface area contributed by atoms with Crippen LogP contribution in [0.4, 0.5) is 34.1 Å². The van der Waals surface area contributed by atoms with Gasteiger partial charge in [-0.25, -0.2) is 8.42 Å². The van der Waals surface area contributed by atoms with Crippen molar-refractivity contribution in [3.8, 4) is 11.1 Å². The summed E-state index contributed by atoms with van der Waals surface area (Å²) < 4.78 is 27.1. The molecule has 1 aliphatic heterocycles. The van der Waals surface area contributed by atoms with Crippen molar-refractivity contribution in [1.82, 2.24) is 0 Å². The second-order valence-corrected chi connectivity index (χ2v) is 14.2. The van der Waals surface area contributed by atoms with Crippen LogP contribution in [-0.2, 0) is 9.84 Å². The van der Waals surface area contributed by atoms with Gasteiger partial charge in [-0.3, -0.25) is 0 Å². The van der Waals surface area contributed by atoms with Crippen molar-refractivity contribution in [3.05, 3.63) is 182 Å². The molecular formula is C44H30N2O2S. The highest BCUT2D eigenvalue weighted by Crippen LogP contribution is 2.48. The minimum atomic E-state index is -3.63. The molecule has 0 atom stereocenters. The molecule has 234 valence electrons. The maximum absolute atomic E-state index is 13.6. The van der Waals surface area contributed by atoms with E-state index in [0.29, 0.717) is 21.2 Å². The number of anilines is 6. The summed E-state index contributed by atoms with van der Waals surface area (Å²) >= 11 is 0. The van der Waals surface area contributed by atoms with E-state index >= 15 is 0 Å². The molecule has 8 aromatic rings. The normalized spacial score (nSPS) is 13.2. The highest BCUT2D eigenvalue weighted by atomic mass is 32.2. The molecule has 8 aromatic carbocycles. The molecule has 5 heteroatoms. The van der Waals surface area contributed by atoms with Gasteiger partial charge in [-0.05, 0) is 105 Å². The van der Waals surface area contributed by atoms with Gasteiger partial charge in [0.05, 0.1) is 21.2 Å². The Hall–Kier alpha value is -6.17. The molecule has 4 nitrogen and oxygen atoms in total. The fourth-order valence-electron chi connectivity index (χ4n) is 6.97. The Kier molecular flexibility index (Phi) is 6.81. The molecule has 0 aromatic heterocycles. The number of fused-ring (bicyclic) bond motifs is 4. The molecule has 0 amide bonds. The van der Waals surface area contributed by atoms with Crippen LogP contribution in [0.15, 0.2) is 192 Å². The molecule has 0 saturated heterocycles. The summed E-state index contributed by atoms with van der Waals surface area (Å²) in [6, 6.07) is 61.5. The van der Waals surface area contributed by atoms with Gasteiger partial charge >= 0.3 is 0 Å². The van der Waals surface area contributed by atoms with Crippen LogP contribution in [0.3, 0.4) is 0 Å². The molecule has 0 aliphatic carbocycles. The van der Waals surface area contributed by atoms with Crippen molar-refractivity contribution in [2.24, 2.45) is 0 Å². The average Bonchev–Trinajstić information content (AvgIpc) is 3.15. The molecule has 0 spiro atoms. The number of para-hydroxylation sites is 2. The van der Waals surface area contributed by atoms with Crippen molar-refractivity contribution in [2.45, 2.75) is 9.79 Å². The van der Waals surface area contributed by atoms with Crippen molar-refractivity contribution in [2.75, 3.05) is 9.80 Å². The predicted molar refractivity (Wildman–Crippen MR) is 202 cm³/mol. The highest BCUT2D eigenvalue weighted by molar-refractivity contribution is 7.92. The Balaban J connectivity index is 1.13. The van der Waals surface area contributed by atoms with Gasteiger partial charge in [0.15, 0.2) is 0 Å². The number of benzene rings is 8. The van der Waals surface area contributed by atoms with Crippen molar-refractivity contribution < 1.29 is 8.42 Å². The van der Waals surface area contributed by atoms with Crippen LogP contribution >= 0.6 is 0 Å². The van der Waals surface area contributed by atoms with Crippen LogP contribution in [0.25, 0.3) is 32.7 Å². The van der Waals surface area contributed by atoms with Crippen LogP contribution in [0.5, 0.6) is 0 Å². The fourth-order valence-corrected chi connectivity index (χ4v) is 8.59. The molecule has 0 bridgehead atoms. The number of hydrogen-bond acceptors (Lipinski definition) is 4. The molecule has 0 unspecified atom stereocenters. The maximum Gasteiger partial charge on any atom is 0.210 e. The smallest absolute Gasteiger partial charge is 0.210 e. The van der Waals surface area contributed by atoms with Crippen LogP contribution in [0.2, 0.25) is 0 Å². The van der Waals surface area contributed by atoms with E-state index in [1.807, 2.05) is 41.3 Å². The summed E-state index contributed by atoms with van der Waals surface area (Å²) in [6.07, 6.45) is 0. The maximum atomic E-state index is 13.6. The first-order chi connectivity index (χ1) is 24.0. The zero-order chi connectivity index (χ0) is 33.0. The lowest BCUT2D eigenvalue weighted by Gasteiger charge is -2.33.